The fourth-order valence-electron chi connectivity index (χ4n) is 4.30. The minimum Gasteiger partial charge on any atom is -0.368 e. The van der Waals surface area contributed by atoms with Crippen LogP contribution in [0.1, 0.15) is 18.4 Å². The molecule has 1 amide bonds. The highest BCUT2D eigenvalue weighted by Gasteiger charge is 2.45. The van der Waals surface area contributed by atoms with Crippen LogP contribution < -0.4 is 10.2 Å². The van der Waals surface area contributed by atoms with Crippen molar-refractivity contribution in [3.63, 3.8) is 0 Å². The Kier molecular flexibility index (Phi) is 5.24. The first-order valence-corrected chi connectivity index (χ1v) is 9.74. The summed E-state index contributed by atoms with van der Waals surface area (Å²) in [6.45, 7) is 0.681. The van der Waals surface area contributed by atoms with E-state index in [1.165, 1.54) is 12.4 Å². The van der Waals surface area contributed by atoms with Crippen molar-refractivity contribution in [1.82, 2.24) is 20.2 Å². The normalized spacial score (nSPS) is 25.0. The van der Waals surface area contributed by atoms with E-state index in [0.717, 1.165) is 0 Å². The minimum absolute atomic E-state index is 0.0899. The van der Waals surface area contributed by atoms with Crippen molar-refractivity contribution < 1.29 is 18.0 Å². The number of amides is 1. The van der Waals surface area contributed by atoms with Crippen molar-refractivity contribution in [3.8, 4) is 6.07 Å². The molecule has 2 aliphatic heterocycles. The number of fused-ring (bicyclic) bond motifs is 1. The monoisotopic (exact) mass is 418 g/mol. The number of aromatic nitrogens is 2. The van der Waals surface area contributed by atoms with Gasteiger partial charge in [-0.05, 0) is 25.0 Å². The fraction of sp³-hybridized carbons (Fsp3) is 0.500. The number of likely N-dealkylation sites (tertiary alicyclic amines) is 1. The number of alkyl halides is 3. The lowest BCUT2D eigenvalue weighted by Crippen LogP contribution is -2.55. The lowest BCUT2D eigenvalue weighted by molar-refractivity contribution is -0.177. The summed E-state index contributed by atoms with van der Waals surface area (Å²) in [6, 6.07) is 4.25. The van der Waals surface area contributed by atoms with Gasteiger partial charge in [0.15, 0.2) is 0 Å². The molecule has 158 valence electrons. The number of hydrogen-bond acceptors (Lipinski definition) is 6. The number of likely N-dealkylation sites (N-methyl/N-ethyl adjacent to an activating group) is 1. The standard InChI is InChI=1S/C20H21F3N6O/c1-28-7-4-15(19(28)30)27-14-8-13(20(21,22)23)10-29(11-14)16-3-2-12(9-24)17-18(16)26-6-5-25-17/h2-3,5-6,13-15,27H,4,7-8,10-11H2,1H3/t13-,14+,15+/m0/s1. The Bertz CT molecular complexity index is 1000. The molecule has 30 heavy (non-hydrogen) atoms. The molecule has 3 heterocycles. The van der Waals surface area contributed by atoms with Crippen LogP contribution in [0.3, 0.4) is 0 Å². The molecule has 7 nitrogen and oxygen atoms in total. The highest BCUT2D eigenvalue weighted by atomic mass is 19.4. The van der Waals surface area contributed by atoms with Gasteiger partial charge >= 0.3 is 6.18 Å². The number of rotatable bonds is 3. The maximum absolute atomic E-state index is 13.7. The number of piperidine rings is 1. The van der Waals surface area contributed by atoms with E-state index in [4.69, 9.17) is 0 Å². The predicted octanol–water partition coefficient (Wildman–Crippen LogP) is 2.08. The lowest BCUT2D eigenvalue weighted by atomic mass is 9.92. The molecule has 2 fully saturated rings. The minimum atomic E-state index is -4.36. The zero-order valence-electron chi connectivity index (χ0n) is 16.4. The van der Waals surface area contributed by atoms with E-state index >= 15 is 0 Å². The first kappa shape index (κ1) is 20.3. The van der Waals surface area contributed by atoms with Crippen molar-refractivity contribution in [2.45, 2.75) is 31.1 Å². The molecule has 1 N–H and O–H groups in total. The third-order valence-corrected chi connectivity index (χ3v) is 5.84. The number of anilines is 1. The van der Waals surface area contributed by atoms with Crippen LogP contribution in [0.25, 0.3) is 11.0 Å². The van der Waals surface area contributed by atoms with Crippen LogP contribution in [0, 0.1) is 17.2 Å². The largest absolute Gasteiger partial charge is 0.393 e. The summed E-state index contributed by atoms with van der Waals surface area (Å²) in [4.78, 5) is 23.9. The molecule has 0 radical (unpaired) electrons. The first-order chi connectivity index (χ1) is 14.3. The third kappa shape index (κ3) is 3.77. The van der Waals surface area contributed by atoms with E-state index in [-0.39, 0.29) is 18.9 Å². The van der Waals surface area contributed by atoms with Gasteiger partial charge in [-0.2, -0.15) is 18.4 Å². The van der Waals surface area contributed by atoms with Crippen LogP contribution in [-0.2, 0) is 4.79 Å². The quantitative estimate of drug-likeness (QED) is 0.822. The van der Waals surface area contributed by atoms with Gasteiger partial charge in [-0.3, -0.25) is 14.8 Å². The number of carbonyl (C=O) groups excluding carboxylic acids is 1. The summed E-state index contributed by atoms with van der Waals surface area (Å²) < 4.78 is 41.1. The van der Waals surface area contributed by atoms with Gasteiger partial charge in [0.25, 0.3) is 0 Å². The van der Waals surface area contributed by atoms with E-state index in [1.54, 1.807) is 29.0 Å². The Labute approximate surface area is 171 Å². The predicted molar refractivity (Wildman–Crippen MR) is 104 cm³/mol. The summed E-state index contributed by atoms with van der Waals surface area (Å²) in [6.07, 6.45) is -0.959. The Morgan fingerprint density at radius 2 is 1.93 bits per heavy atom. The lowest BCUT2D eigenvalue weighted by Gasteiger charge is -2.41. The summed E-state index contributed by atoms with van der Waals surface area (Å²) in [5.74, 6) is -1.63. The average Bonchev–Trinajstić information content (AvgIpc) is 3.04. The summed E-state index contributed by atoms with van der Waals surface area (Å²) in [5, 5.41) is 12.5. The zero-order chi connectivity index (χ0) is 21.5. The molecular weight excluding hydrogens is 397 g/mol. The zero-order valence-corrected chi connectivity index (χ0v) is 16.4. The maximum atomic E-state index is 13.7. The highest BCUT2D eigenvalue weighted by molar-refractivity contribution is 5.92. The Balaban J connectivity index is 1.66. The fourth-order valence-corrected chi connectivity index (χ4v) is 4.30. The Hall–Kier alpha value is -2.93. The van der Waals surface area contributed by atoms with Gasteiger partial charge in [0.1, 0.15) is 17.1 Å². The number of nitrogens with one attached hydrogen (secondary N) is 1. The van der Waals surface area contributed by atoms with Crippen molar-refractivity contribution in [1.29, 1.82) is 5.26 Å². The first-order valence-electron chi connectivity index (χ1n) is 9.74. The molecule has 1 aromatic carbocycles. The molecule has 0 spiro atoms. The van der Waals surface area contributed by atoms with Crippen molar-refractivity contribution >= 4 is 22.6 Å². The van der Waals surface area contributed by atoms with Gasteiger partial charge < -0.3 is 15.1 Å². The summed E-state index contributed by atoms with van der Waals surface area (Å²) in [5.41, 5.74) is 1.59. The van der Waals surface area contributed by atoms with E-state index in [0.29, 0.717) is 41.8 Å². The number of nitrogens with zero attached hydrogens (tertiary/aromatic N) is 5. The molecule has 2 aromatic rings. The average molecular weight is 418 g/mol. The van der Waals surface area contributed by atoms with Crippen LogP contribution in [0.4, 0.5) is 18.9 Å². The molecule has 3 atom stereocenters. The second-order valence-electron chi connectivity index (χ2n) is 7.84. The van der Waals surface area contributed by atoms with Gasteiger partial charge in [0.05, 0.1) is 23.2 Å². The number of halogens is 3. The van der Waals surface area contributed by atoms with Gasteiger partial charge in [0.2, 0.25) is 5.91 Å². The van der Waals surface area contributed by atoms with Gasteiger partial charge in [-0.15, -0.1) is 0 Å². The van der Waals surface area contributed by atoms with Crippen molar-refractivity contribution in [2.75, 3.05) is 31.6 Å². The number of benzene rings is 1. The number of nitriles is 1. The van der Waals surface area contributed by atoms with Crippen LogP contribution >= 0.6 is 0 Å². The molecule has 1 aromatic heterocycles. The number of hydrogen-bond donors (Lipinski definition) is 1. The van der Waals surface area contributed by atoms with E-state index in [9.17, 15) is 23.2 Å². The topological polar surface area (TPSA) is 85.2 Å². The second-order valence-corrected chi connectivity index (χ2v) is 7.84. The molecule has 10 heteroatoms. The molecule has 0 saturated carbocycles. The second kappa shape index (κ2) is 7.72. The molecule has 2 aliphatic rings. The highest BCUT2D eigenvalue weighted by Crippen LogP contribution is 2.37. The smallest absolute Gasteiger partial charge is 0.368 e. The van der Waals surface area contributed by atoms with Crippen LogP contribution in [-0.4, -0.2) is 65.7 Å². The van der Waals surface area contributed by atoms with E-state index < -0.39 is 24.2 Å². The molecule has 2 saturated heterocycles. The molecule has 0 unspecified atom stereocenters. The maximum Gasteiger partial charge on any atom is 0.393 e. The molecule has 4 rings (SSSR count). The van der Waals surface area contributed by atoms with E-state index in [2.05, 4.69) is 15.3 Å². The van der Waals surface area contributed by atoms with Gasteiger partial charge in [-0.25, -0.2) is 0 Å². The SMILES string of the molecule is CN1CC[C@@H](N[C@@H]2C[C@H](C(F)(F)F)CN(c3ccc(C#N)c4nccnc34)C2)C1=O. The number of carbonyl (C=O) groups is 1. The van der Waals surface area contributed by atoms with Gasteiger partial charge in [0, 0.05) is 45.1 Å². The molecule has 0 aliphatic carbocycles. The van der Waals surface area contributed by atoms with Crippen molar-refractivity contribution in [2.24, 2.45) is 5.92 Å². The Morgan fingerprint density at radius 3 is 2.57 bits per heavy atom. The molecule has 0 bridgehead atoms. The summed E-state index contributed by atoms with van der Waals surface area (Å²) >= 11 is 0. The van der Waals surface area contributed by atoms with E-state index in [1.807, 2.05) is 6.07 Å². The summed E-state index contributed by atoms with van der Waals surface area (Å²) in [7, 11) is 1.69. The third-order valence-electron chi connectivity index (χ3n) is 5.84. The van der Waals surface area contributed by atoms with Crippen LogP contribution in [0.2, 0.25) is 0 Å². The van der Waals surface area contributed by atoms with Crippen LogP contribution in [0.5, 0.6) is 0 Å². The van der Waals surface area contributed by atoms with Crippen molar-refractivity contribution in [3.05, 3.63) is 30.1 Å². The Morgan fingerprint density at radius 1 is 1.20 bits per heavy atom. The van der Waals surface area contributed by atoms with Gasteiger partial charge in [-0.1, -0.05) is 0 Å². The van der Waals surface area contributed by atoms with Crippen LogP contribution in [0.15, 0.2) is 24.5 Å². The molecular formula is C20H21F3N6O.